The fourth-order valence-electron chi connectivity index (χ4n) is 5.47. The third-order valence-electron chi connectivity index (χ3n) is 7.80. The second kappa shape index (κ2) is 12.0. The Morgan fingerprint density at radius 2 is 1.41 bits per heavy atom. The lowest BCUT2D eigenvalue weighted by atomic mass is 9.80. The molecule has 4 atom stereocenters. The number of hydrogen-bond donors (Lipinski definition) is 3. The highest BCUT2D eigenvalue weighted by Crippen LogP contribution is 2.45. The Balaban J connectivity index is 1.66. The van der Waals surface area contributed by atoms with Crippen LogP contribution in [0.5, 0.6) is 11.5 Å². The molecule has 12 nitrogen and oxygen atoms in total. The van der Waals surface area contributed by atoms with Crippen molar-refractivity contribution < 1.29 is 37.6 Å². The van der Waals surface area contributed by atoms with Gasteiger partial charge in [-0.25, -0.2) is 13.2 Å². The fraction of sp³-hybridized carbons (Fsp3) is 0.290. The number of methoxy groups -OCH3 is 2. The number of H-pyrrole nitrogens is 1. The Kier molecular flexibility index (Phi) is 8.51. The molecule has 1 aromatic heterocycles. The summed E-state index contributed by atoms with van der Waals surface area (Å²) in [6.45, 7) is -0.567. The van der Waals surface area contributed by atoms with Crippen molar-refractivity contribution in [3.05, 3.63) is 129 Å². The third kappa shape index (κ3) is 5.33. The number of aliphatic hydroxyl groups is 2. The topological polar surface area (TPSA) is 166 Å². The fourth-order valence-corrected chi connectivity index (χ4v) is 6.63. The zero-order valence-corrected chi connectivity index (χ0v) is 24.9. The Bertz CT molecular complexity index is 1770. The molecular formula is C31H32N2O10S. The van der Waals surface area contributed by atoms with Gasteiger partial charge < -0.3 is 29.2 Å². The van der Waals surface area contributed by atoms with E-state index in [9.17, 15) is 28.2 Å². The van der Waals surface area contributed by atoms with Gasteiger partial charge in [-0.1, -0.05) is 54.6 Å². The molecule has 1 aliphatic rings. The number of hydrogen-bond acceptors (Lipinski definition) is 10. The first-order valence-electron chi connectivity index (χ1n) is 13.5. The SMILES string of the molecule is COc1ccc(C(OC[C@H]2O[C@@H](n3ccc(=O)[nH]c3=O)[C@H](O)[C@@]2(O)S(C)(=O)=O)(c2ccccc2)c2ccc(OC)cc2)cc1. The second-order valence-corrected chi connectivity index (χ2v) is 12.5. The van der Waals surface area contributed by atoms with E-state index in [2.05, 4.69) is 0 Å². The predicted octanol–water partition coefficient (Wildman–Crippen LogP) is 1.55. The maximum Gasteiger partial charge on any atom is 0.330 e. The Morgan fingerprint density at radius 1 is 0.886 bits per heavy atom. The molecule has 2 heterocycles. The molecule has 5 rings (SSSR count). The molecule has 1 aliphatic heterocycles. The summed E-state index contributed by atoms with van der Waals surface area (Å²) in [4.78, 5) is 23.3. The van der Waals surface area contributed by atoms with Crippen LogP contribution in [0, 0.1) is 0 Å². The molecule has 13 heteroatoms. The van der Waals surface area contributed by atoms with E-state index in [1.807, 2.05) is 35.3 Å². The molecule has 1 saturated heterocycles. The van der Waals surface area contributed by atoms with Gasteiger partial charge >= 0.3 is 5.69 Å². The van der Waals surface area contributed by atoms with Crippen LogP contribution in [-0.2, 0) is 24.9 Å². The molecule has 3 N–H and O–H groups in total. The van der Waals surface area contributed by atoms with Crippen LogP contribution >= 0.6 is 0 Å². The van der Waals surface area contributed by atoms with E-state index in [0.717, 1.165) is 23.1 Å². The molecule has 0 amide bonds. The number of sulfone groups is 1. The van der Waals surface area contributed by atoms with Crippen molar-refractivity contribution in [2.24, 2.45) is 0 Å². The summed E-state index contributed by atoms with van der Waals surface area (Å²) in [5, 5.41) is 22.8. The van der Waals surface area contributed by atoms with E-state index < -0.39 is 56.7 Å². The van der Waals surface area contributed by atoms with Crippen molar-refractivity contribution in [1.82, 2.24) is 9.55 Å². The number of aliphatic hydroxyl groups excluding tert-OH is 1. The van der Waals surface area contributed by atoms with Crippen LogP contribution in [0.1, 0.15) is 22.9 Å². The van der Waals surface area contributed by atoms with Crippen LogP contribution in [-0.4, -0.2) is 72.4 Å². The molecule has 4 aromatic rings. The van der Waals surface area contributed by atoms with Gasteiger partial charge in [0.05, 0.1) is 20.8 Å². The van der Waals surface area contributed by atoms with Crippen LogP contribution in [0.2, 0.25) is 0 Å². The second-order valence-electron chi connectivity index (χ2n) is 10.3. The van der Waals surface area contributed by atoms with Gasteiger partial charge in [-0.05, 0) is 41.0 Å². The van der Waals surface area contributed by atoms with Gasteiger partial charge in [0.1, 0.15) is 29.3 Å². The minimum atomic E-state index is -4.46. The average Bonchev–Trinajstić information content (AvgIpc) is 3.29. The molecular weight excluding hydrogens is 592 g/mol. The average molecular weight is 625 g/mol. The number of rotatable bonds is 10. The Morgan fingerprint density at radius 3 is 1.89 bits per heavy atom. The summed E-state index contributed by atoms with van der Waals surface area (Å²) >= 11 is 0. The number of ether oxygens (including phenoxy) is 4. The summed E-state index contributed by atoms with van der Waals surface area (Å²) < 4.78 is 50.2. The lowest BCUT2D eigenvalue weighted by Gasteiger charge is -2.38. The maximum atomic E-state index is 13.0. The Hall–Kier alpha value is -4.27. The number of benzene rings is 3. The lowest BCUT2D eigenvalue weighted by Crippen LogP contribution is -2.56. The van der Waals surface area contributed by atoms with Crippen molar-refractivity contribution in [2.45, 2.75) is 29.0 Å². The lowest BCUT2D eigenvalue weighted by molar-refractivity contribution is -0.102. The van der Waals surface area contributed by atoms with Crippen LogP contribution in [0.3, 0.4) is 0 Å². The molecule has 1 fully saturated rings. The molecule has 0 bridgehead atoms. The highest BCUT2D eigenvalue weighted by molar-refractivity contribution is 7.92. The van der Waals surface area contributed by atoms with E-state index in [1.54, 1.807) is 48.5 Å². The molecule has 0 saturated carbocycles. The molecule has 232 valence electrons. The molecule has 44 heavy (non-hydrogen) atoms. The number of aromatic amines is 1. The van der Waals surface area contributed by atoms with Crippen molar-refractivity contribution in [1.29, 1.82) is 0 Å². The van der Waals surface area contributed by atoms with Gasteiger partial charge in [-0.2, -0.15) is 0 Å². The van der Waals surface area contributed by atoms with Gasteiger partial charge in [0.15, 0.2) is 16.1 Å². The zero-order chi connectivity index (χ0) is 31.7. The molecule has 0 radical (unpaired) electrons. The monoisotopic (exact) mass is 624 g/mol. The first kappa shape index (κ1) is 31.2. The zero-order valence-electron chi connectivity index (χ0n) is 24.1. The van der Waals surface area contributed by atoms with E-state index >= 15 is 0 Å². The highest BCUT2D eigenvalue weighted by Gasteiger charge is 2.63. The van der Waals surface area contributed by atoms with Crippen LogP contribution in [0.15, 0.2) is 101 Å². The van der Waals surface area contributed by atoms with Gasteiger partial charge in [-0.3, -0.25) is 14.3 Å². The van der Waals surface area contributed by atoms with Crippen molar-refractivity contribution in [2.75, 3.05) is 27.1 Å². The number of aromatic nitrogens is 2. The highest BCUT2D eigenvalue weighted by atomic mass is 32.2. The van der Waals surface area contributed by atoms with E-state index in [0.29, 0.717) is 28.2 Å². The normalized spacial score (nSPS) is 22.1. The van der Waals surface area contributed by atoms with Crippen molar-refractivity contribution >= 4 is 9.84 Å². The van der Waals surface area contributed by atoms with E-state index in [4.69, 9.17) is 18.9 Å². The van der Waals surface area contributed by atoms with E-state index in [-0.39, 0.29) is 0 Å². The van der Waals surface area contributed by atoms with Crippen LogP contribution < -0.4 is 20.7 Å². The van der Waals surface area contributed by atoms with Crippen molar-refractivity contribution in [3.63, 3.8) is 0 Å². The standard InChI is InChI=1S/C31H32N2O10S/c1-40-23-13-9-21(10-14-23)30(20-7-5-4-6-8-20,22-11-15-24(41-2)16-12-22)42-19-25-31(37,44(3,38)39)27(35)28(43-25)33-18-17-26(34)32-29(33)36/h4-18,25,27-28,35,37H,19H2,1-3H3,(H,32,34,36)/t25-,27+,28-,31+/m1/s1. The first-order valence-corrected chi connectivity index (χ1v) is 15.4. The van der Waals surface area contributed by atoms with Crippen molar-refractivity contribution in [3.8, 4) is 11.5 Å². The van der Waals surface area contributed by atoms with E-state index in [1.165, 1.54) is 14.2 Å². The third-order valence-corrected chi connectivity index (χ3v) is 9.50. The minimum absolute atomic E-state index is 0.567. The first-order chi connectivity index (χ1) is 20.9. The van der Waals surface area contributed by atoms with Gasteiger partial charge in [-0.15, -0.1) is 0 Å². The predicted molar refractivity (Wildman–Crippen MR) is 159 cm³/mol. The maximum absolute atomic E-state index is 13.0. The molecule has 0 unspecified atom stereocenters. The quantitative estimate of drug-likeness (QED) is 0.220. The molecule has 0 spiro atoms. The summed E-state index contributed by atoms with van der Waals surface area (Å²) in [6.07, 6.45) is -3.68. The van der Waals surface area contributed by atoms with Crippen LogP contribution in [0.4, 0.5) is 0 Å². The summed E-state index contributed by atoms with van der Waals surface area (Å²) in [5.41, 5.74) is -1.16. The summed E-state index contributed by atoms with van der Waals surface area (Å²) in [5.74, 6) is 1.18. The largest absolute Gasteiger partial charge is 0.497 e. The summed E-state index contributed by atoms with van der Waals surface area (Å²) in [7, 11) is -1.38. The minimum Gasteiger partial charge on any atom is -0.497 e. The molecule has 0 aliphatic carbocycles. The molecule has 3 aromatic carbocycles. The number of nitrogens with one attached hydrogen (secondary N) is 1. The Labute approximate surface area is 253 Å². The van der Waals surface area contributed by atoms with Gasteiger partial charge in [0.2, 0.25) is 4.93 Å². The van der Waals surface area contributed by atoms with Gasteiger partial charge in [0.25, 0.3) is 5.56 Å². The van der Waals surface area contributed by atoms with Crippen LogP contribution in [0.25, 0.3) is 0 Å². The summed E-state index contributed by atoms with van der Waals surface area (Å²) in [6, 6.07) is 24.4. The number of nitrogens with zero attached hydrogens (tertiary/aromatic N) is 1. The van der Waals surface area contributed by atoms with Gasteiger partial charge in [0, 0.05) is 18.5 Å². The smallest absolute Gasteiger partial charge is 0.330 e.